The molecule has 0 unspecified atom stereocenters. The molecule has 16 aliphatic rings. The topological polar surface area (TPSA) is 116 Å². The van der Waals surface area contributed by atoms with Crippen molar-refractivity contribution >= 4 is 101 Å². The van der Waals surface area contributed by atoms with Gasteiger partial charge in [0.15, 0.2) is 0 Å². The van der Waals surface area contributed by atoms with Crippen LogP contribution in [0.4, 0.5) is 68.8 Å². The molecule has 16 aliphatic carbocycles. The lowest BCUT2D eigenvalue weighted by Gasteiger charge is -2.57. The Balaban J connectivity index is 0.782. The lowest BCUT2D eigenvalue weighted by Crippen LogP contribution is -2.48. The fourth-order valence-electron chi connectivity index (χ4n) is 29.4. The summed E-state index contributed by atoms with van der Waals surface area (Å²) < 4.78 is 0. The Labute approximate surface area is 659 Å². The van der Waals surface area contributed by atoms with Gasteiger partial charge < -0.3 is 0 Å². The molecule has 12 heteroatoms. The van der Waals surface area contributed by atoms with Crippen molar-refractivity contribution < 1.29 is 0 Å². The van der Waals surface area contributed by atoms with Gasteiger partial charge >= 0.3 is 0 Å². The molecule has 562 valence electrons. The average molecular weight is 1470 g/mol. The van der Waals surface area contributed by atoms with Crippen molar-refractivity contribution in [2.45, 2.75) is 203 Å². The molecular formula is C100H102N12. The summed E-state index contributed by atoms with van der Waals surface area (Å²) in [5.41, 5.74) is 19.2. The van der Waals surface area contributed by atoms with Gasteiger partial charge in [-0.1, -0.05) is 72.8 Å². The first-order chi connectivity index (χ1) is 54.8. The SMILES string of the molecule is Cc1cncnc1N(c1ccc(C23CC4CC(CC(C4)C2)C3)cc1)c1cc(N(c2ccc(C34CC5CC(CC(C5)C3)C4)cc2)c2ncncc2C)c2ccc3c(N(c4ccc(C56CC7CC(CC(C7)C5)C6)cc4)c4ncncc4C)cc(N(c4ccc(C56CC7CC(CC(C7)C5)C6)cc4)c4ncncc4C)c4ccc1c2c43. The monoisotopic (exact) mass is 1470 g/mol. The van der Waals surface area contributed by atoms with Crippen LogP contribution in [-0.2, 0) is 21.7 Å². The van der Waals surface area contributed by atoms with E-state index in [-0.39, 0.29) is 21.7 Å². The van der Waals surface area contributed by atoms with E-state index < -0.39 is 0 Å². The summed E-state index contributed by atoms with van der Waals surface area (Å²) in [6.45, 7) is 8.73. The lowest BCUT2D eigenvalue weighted by molar-refractivity contribution is -0.00530. The van der Waals surface area contributed by atoms with Crippen LogP contribution >= 0.6 is 0 Å². The van der Waals surface area contributed by atoms with Gasteiger partial charge in [-0.25, -0.2) is 39.9 Å². The molecule has 0 spiro atoms. The molecule has 4 heterocycles. The van der Waals surface area contributed by atoms with Crippen molar-refractivity contribution in [3.05, 3.63) is 228 Å². The highest BCUT2D eigenvalue weighted by Gasteiger charge is 2.56. The van der Waals surface area contributed by atoms with Crippen molar-refractivity contribution in [1.29, 1.82) is 0 Å². The molecule has 16 bridgehead atoms. The number of benzene rings is 8. The number of aromatic nitrogens is 8. The minimum absolute atomic E-state index is 0.225. The summed E-state index contributed by atoms with van der Waals surface area (Å²) in [5.74, 6) is 13.4. The fourth-order valence-corrected chi connectivity index (χ4v) is 29.4. The van der Waals surface area contributed by atoms with E-state index in [2.05, 4.69) is 181 Å². The van der Waals surface area contributed by atoms with Crippen LogP contribution in [0, 0.1) is 98.7 Å². The molecule has 0 N–H and O–H groups in total. The molecule has 12 nitrogen and oxygen atoms in total. The highest BCUT2D eigenvalue weighted by Crippen LogP contribution is 2.66. The smallest absolute Gasteiger partial charge is 0.143 e. The van der Waals surface area contributed by atoms with Gasteiger partial charge in [-0.05, 0) is 357 Å². The Hall–Kier alpha value is -9.68. The van der Waals surface area contributed by atoms with E-state index in [4.69, 9.17) is 39.9 Å². The van der Waals surface area contributed by atoms with Crippen molar-refractivity contribution in [1.82, 2.24) is 39.9 Å². The van der Waals surface area contributed by atoms with Crippen molar-refractivity contribution in [2.75, 3.05) is 19.6 Å². The molecule has 12 aromatic rings. The van der Waals surface area contributed by atoms with E-state index in [0.29, 0.717) is 0 Å². The van der Waals surface area contributed by atoms with Crippen LogP contribution in [0.1, 0.15) is 199 Å². The quantitative estimate of drug-likeness (QED) is 0.0858. The predicted octanol–water partition coefficient (Wildman–Crippen LogP) is 24.7. The number of anilines is 12. The second-order valence-electron chi connectivity index (χ2n) is 39.3. The number of aryl methyl sites for hydroxylation is 4. The van der Waals surface area contributed by atoms with Crippen LogP contribution in [0.15, 0.2) is 184 Å². The summed E-state index contributed by atoms with van der Waals surface area (Å²) in [5, 5.41) is 6.70. The van der Waals surface area contributed by atoms with Crippen molar-refractivity contribution in [3.63, 3.8) is 0 Å². The standard InChI is InChI=1S/C100H102N12/c1-59-51-101-55-105-93(59)109(79-13-5-75(6-14-79)97-39-63-25-64(40-97)27-65(26-63)41-97)87-37-88(110(94-60(2)52-102-56-106-94)80-15-7-76(8-16-80)98-42-66-28-67(43-98)30-68(29-66)44-98)84-23-24-86-90(112(96-62(4)54-104-58-108-96)82-19-11-78(12-20-82)100-48-72-34-73(49-100)36-74(35-72)50-100)38-89(85-22-21-83(87)91(84)92(85)86)111(95-61(3)53-103-57-107-95)81-17-9-77(10-18-81)99-45-69-31-70(46-99)33-71(32-69)47-99/h5-24,37-38,51-58,63-74H,25-36,39-50H2,1-4H3. The van der Waals surface area contributed by atoms with Crippen LogP contribution in [-0.4, -0.2) is 39.9 Å². The van der Waals surface area contributed by atoms with Gasteiger partial charge in [0.2, 0.25) is 0 Å². The largest absolute Gasteiger partial charge is 0.294 e. The van der Waals surface area contributed by atoms with Crippen LogP contribution in [0.3, 0.4) is 0 Å². The number of rotatable bonds is 16. The van der Waals surface area contributed by atoms with Crippen LogP contribution in [0.25, 0.3) is 32.3 Å². The molecule has 8 aromatic carbocycles. The Morgan fingerprint density at radius 2 is 0.420 bits per heavy atom. The molecule has 4 aromatic heterocycles. The number of nitrogens with zero attached hydrogens (tertiary/aromatic N) is 12. The van der Waals surface area contributed by atoms with Crippen LogP contribution in [0.5, 0.6) is 0 Å². The van der Waals surface area contributed by atoms with E-state index in [1.807, 2.05) is 24.8 Å². The van der Waals surface area contributed by atoms with Gasteiger partial charge in [0.1, 0.15) is 48.6 Å². The number of hydrogen-bond acceptors (Lipinski definition) is 12. The Kier molecular flexibility index (Phi) is 14.9. The summed E-state index contributed by atoms with van der Waals surface area (Å²) in [7, 11) is 0. The normalized spacial score (nSPS) is 31.2. The summed E-state index contributed by atoms with van der Waals surface area (Å²) >= 11 is 0. The predicted molar refractivity (Wildman–Crippen MR) is 450 cm³/mol. The fraction of sp³-hybridized carbons (Fsp3) is 0.440. The first kappa shape index (κ1) is 66.9. The molecule has 0 amide bonds. The van der Waals surface area contributed by atoms with E-state index in [0.717, 1.165) is 194 Å². The zero-order valence-electron chi connectivity index (χ0n) is 65.6. The molecular weight excluding hydrogens is 1370 g/mol. The molecule has 112 heavy (non-hydrogen) atoms. The Morgan fingerprint density at radius 3 is 0.589 bits per heavy atom. The summed E-state index contributed by atoms with van der Waals surface area (Å²) in [6, 6.07) is 54.3. The van der Waals surface area contributed by atoms with Gasteiger partial charge in [0.25, 0.3) is 0 Å². The average Bonchev–Trinajstić information content (AvgIpc) is 0.689. The van der Waals surface area contributed by atoms with Gasteiger partial charge in [-0.3, -0.25) is 19.6 Å². The van der Waals surface area contributed by atoms with Crippen LogP contribution in [0.2, 0.25) is 0 Å². The molecule has 0 saturated heterocycles. The van der Waals surface area contributed by atoms with Crippen molar-refractivity contribution in [2.24, 2.45) is 71.0 Å². The van der Waals surface area contributed by atoms with E-state index >= 15 is 0 Å². The first-order valence-corrected chi connectivity index (χ1v) is 43.3. The highest BCUT2D eigenvalue weighted by molar-refractivity contribution is 6.33. The highest BCUT2D eigenvalue weighted by atomic mass is 15.3. The third kappa shape index (κ3) is 10.4. The summed E-state index contributed by atoms with van der Waals surface area (Å²) in [6.07, 6.45) is 47.6. The molecule has 0 aliphatic heterocycles. The minimum atomic E-state index is 0.225. The maximum atomic E-state index is 5.39. The molecule has 16 fully saturated rings. The van der Waals surface area contributed by atoms with Crippen molar-refractivity contribution in [3.8, 4) is 0 Å². The zero-order valence-corrected chi connectivity index (χ0v) is 65.6. The van der Waals surface area contributed by atoms with E-state index in [9.17, 15) is 0 Å². The summed E-state index contributed by atoms with van der Waals surface area (Å²) in [4.78, 5) is 50.4. The third-order valence-corrected chi connectivity index (χ3v) is 32.2. The second-order valence-corrected chi connectivity index (χ2v) is 39.3. The first-order valence-electron chi connectivity index (χ1n) is 43.3. The second kappa shape index (κ2) is 24.9. The Bertz CT molecular complexity index is 4890. The lowest BCUT2D eigenvalue weighted by atomic mass is 9.48. The molecule has 0 atom stereocenters. The van der Waals surface area contributed by atoms with Gasteiger partial charge in [0.05, 0.1) is 22.7 Å². The number of hydrogen-bond donors (Lipinski definition) is 0. The van der Waals surface area contributed by atoms with Gasteiger partial charge in [-0.2, -0.15) is 0 Å². The minimum Gasteiger partial charge on any atom is -0.294 e. The van der Waals surface area contributed by atoms with Gasteiger partial charge in [0, 0.05) is 102 Å². The molecule has 0 radical (unpaired) electrons. The Morgan fingerprint density at radius 1 is 0.241 bits per heavy atom. The maximum absolute atomic E-state index is 5.39. The molecule has 28 rings (SSSR count). The van der Waals surface area contributed by atoms with Crippen LogP contribution < -0.4 is 19.6 Å². The van der Waals surface area contributed by atoms with Gasteiger partial charge in [-0.15, -0.1) is 0 Å². The van der Waals surface area contributed by atoms with E-state index in [1.54, 1.807) is 25.3 Å². The zero-order chi connectivity index (χ0) is 74.1. The molecule has 16 saturated carbocycles. The maximum Gasteiger partial charge on any atom is 0.143 e. The van der Waals surface area contributed by atoms with E-state index in [1.165, 1.54) is 176 Å². The third-order valence-electron chi connectivity index (χ3n) is 32.2.